The third kappa shape index (κ3) is 4.26. The van der Waals surface area contributed by atoms with Crippen LogP contribution in [-0.2, 0) is 13.0 Å². The fourth-order valence-electron chi connectivity index (χ4n) is 3.34. The van der Waals surface area contributed by atoms with Crippen molar-refractivity contribution in [2.45, 2.75) is 19.4 Å². The number of rotatable bonds is 7. The molecule has 0 fully saturated rings. The number of aryl methyl sites for hydroxylation is 1. The number of carbonyl (C=O) groups excluding carboxylic acids is 1. The highest BCUT2D eigenvalue weighted by Crippen LogP contribution is 2.35. The van der Waals surface area contributed by atoms with Gasteiger partial charge in [-0.2, -0.15) is 0 Å². The van der Waals surface area contributed by atoms with Crippen LogP contribution in [0.15, 0.2) is 61.4 Å². The molecular weight excluding hydrogens is 402 g/mol. The van der Waals surface area contributed by atoms with Gasteiger partial charge in [-0.3, -0.25) is 14.8 Å². The van der Waals surface area contributed by atoms with Gasteiger partial charge in [-0.05, 0) is 43.2 Å². The van der Waals surface area contributed by atoms with Gasteiger partial charge in [-0.1, -0.05) is 11.6 Å². The Morgan fingerprint density at radius 1 is 1.13 bits per heavy atom. The lowest BCUT2D eigenvalue weighted by molar-refractivity contribution is 0.102. The van der Waals surface area contributed by atoms with Gasteiger partial charge in [0.2, 0.25) is 0 Å². The van der Waals surface area contributed by atoms with Gasteiger partial charge in [0.15, 0.2) is 0 Å². The van der Waals surface area contributed by atoms with Gasteiger partial charge in [-0.25, -0.2) is 4.98 Å². The molecule has 2 aromatic heterocycles. The first kappa shape index (κ1) is 19.8. The van der Waals surface area contributed by atoms with Crippen molar-refractivity contribution in [1.82, 2.24) is 19.5 Å². The molecule has 1 amide bonds. The zero-order valence-electron chi connectivity index (χ0n) is 16.4. The van der Waals surface area contributed by atoms with E-state index in [1.54, 1.807) is 62.4 Å². The third-order valence-electron chi connectivity index (χ3n) is 4.80. The summed E-state index contributed by atoms with van der Waals surface area (Å²) >= 11 is 6.33. The maximum absolute atomic E-state index is 12.9. The molecule has 2 aromatic carbocycles. The Balaban J connectivity index is 1.57. The average Bonchev–Trinajstić information content (AvgIpc) is 3.28. The first-order valence-electron chi connectivity index (χ1n) is 9.49. The summed E-state index contributed by atoms with van der Waals surface area (Å²) in [6.45, 7) is 0.798. The number of amides is 1. The second-order valence-corrected chi connectivity index (χ2v) is 7.13. The van der Waals surface area contributed by atoms with Crippen LogP contribution in [0.4, 0.5) is 5.69 Å². The van der Waals surface area contributed by atoms with E-state index in [4.69, 9.17) is 16.3 Å². The molecule has 1 N–H and O–H groups in total. The molecule has 0 saturated carbocycles. The van der Waals surface area contributed by atoms with Crippen molar-refractivity contribution in [3.63, 3.8) is 0 Å². The van der Waals surface area contributed by atoms with Gasteiger partial charge in [0, 0.05) is 48.1 Å². The van der Waals surface area contributed by atoms with Crippen LogP contribution < -0.4 is 10.1 Å². The lowest BCUT2D eigenvalue weighted by Crippen LogP contribution is -2.14. The number of nitrogens with zero attached hydrogens (tertiary/aromatic N) is 4. The minimum Gasteiger partial charge on any atom is -0.495 e. The topological polar surface area (TPSA) is 81.9 Å². The lowest BCUT2D eigenvalue weighted by atomic mass is 10.0. The highest BCUT2D eigenvalue weighted by atomic mass is 35.5. The number of aromatic nitrogens is 4. The van der Waals surface area contributed by atoms with Gasteiger partial charge in [-0.15, -0.1) is 0 Å². The number of halogens is 1. The zero-order chi connectivity index (χ0) is 20.9. The molecule has 8 heteroatoms. The number of methoxy groups -OCH3 is 1. The van der Waals surface area contributed by atoms with Crippen LogP contribution in [0.25, 0.3) is 11.0 Å². The second-order valence-electron chi connectivity index (χ2n) is 6.72. The molecule has 152 valence electrons. The highest BCUT2D eigenvalue weighted by molar-refractivity contribution is 6.32. The minimum atomic E-state index is -0.234. The first-order chi connectivity index (χ1) is 14.7. The number of benzene rings is 2. The Hall–Kier alpha value is -3.45. The number of imidazole rings is 1. The monoisotopic (exact) mass is 421 g/mol. The van der Waals surface area contributed by atoms with E-state index >= 15 is 0 Å². The maximum atomic E-state index is 12.9. The predicted molar refractivity (Wildman–Crippen MR) is 116 cm³/mol. The van der Waals surface area contributed by atoms with E-state index in [1.807, 2.05) is 10.8 Å². The molecule has 4 aromatic rings. The van der Waals surface area contributed by atoms with Crippen molar-refractivity contribution >= 4 is 34.2 Å². The number of ether oxygens (including phenoxy) is 1. The van der Waals surface area contributed by atoms with Gasteiger partial charge in [0.25, 0.3) is 5.91 Å². The van der Waals surface area contributed by atoms with Crippen LogP contribution in [0.2, 0.25) is 5.02 Å². The number of carbonyl (C=O) groups is 1. The standard InChI is InChI=1S/C22H20ClN5O2/c1-30-21-16(3-2-11-28-12-10-24-14-28)18(7-5-17(21)23)27-22(29)15-4-6-19-20(13-15)26-9-8-25-19/h4-10,12-14H,2-3,11H2,1H3,(H,27,29). The van der Waals surface area contributed by atoms with Crippen molar-refractivity contribution in [2.75, 3.05) is 12.4 Å². The van der Waals surface area contributed by atoms with Crippen molar-refractivity contribution in [2.24, 2.45) is 0 Å². The molecule has 2 heterocycles. The Morgan fingerprint density at radius 2 is 1.97 bits per heavy atom. The van der Waals surface area contributed by atoms with E-state index in [0.717, 1.165) is 24.0 Å². The molecule has 30 heavy (non-hydrogen) atoms. The Bertz CT molecular complexity index is 1180. The van der Waals surface area contributed by atoms with E-state index in [-0.39, 0.29) is 5.91 Å². The summed E-state index contributed by atoms with van der Waals surface area (Å²) in [5.41, 5.74) is 3.44. The summed E-state index contributed by atoms with van der Waals surface area (Å²) in [5.74, 6) is 0.340. The minimum absolute atomic E-state index is 0.234. The smallest absolute Gasteiger partial charge is 0.255 e. The van der Waals surface area contributed by atoms with Crippen LogP contribution in [0, 0.1) is 0 Å². The summed E-state index contributed by atoms with van der Waals surface area (Å²) in [6.07, 6.45) is 10.2. The van der Waals surface area contributed by atoms with Crippen LogP contribution in [0.1, 0.15) is 22.3 Å². The Morgan fingerprint density at radius 3 is 2.73 bits per heavy atom. The lowest BCUT2D eigenvalue weighted by Gasteiger charge is -2.16. The van der Waals surface area contributed by atoms with Crippen molar-refractivity contribution in [3.05, 3.63) is 77.6 Å². The molecule has 0 atom stereocenters. The van der Waals surface area contributed by atoms with Crippen molar-refractivity contribution < 1.29 is 9.53 Å². The van der Waals surface area contributed by atoms with E-state index < -0.39 is 0 Å². The zero-order valence-corrected chi connectivity index (χ0v) is 17.1. The van der Waals surface area contributed by atoms with Crippen LogP contribution in [0.3, 0.4) is 0 Å². The molecule has 0 aliphatic heterocycles. The fraction of sp³-hybridized carbons (Fsp3) is 0.182. The molecule has 0 saturated heterocycles. The molecule has 0 aliphatic carbocycles. The predicted octanol–water partition coefficient (Wildman–Crippen LogP) is 4.37. The number of hydrogen-bond acceptors (Lipinski definition) is 5. The Labute approximate surface area is 178 Å². The summed E-state index contributed by atoms with van der Waals surface area (Å²) in [7, 11) is 1.58. The maximum Gasteiger partial charge on any atom is 0.255 e. The van der Waals surface area contributed by atoms with E-state index in [1.165, 1.54) is 0 Å². The molecule has 0 aliphatic rings. The number of hydrogen-bond donors (Lipinski definition) is 1. The summed E-state index contributed by atoms with van der Waals surface area (Å²) in [5, 5.41) is 3.50. The molecule has 0 unspecified atom stereocenters. The molecule has 0 radical (unpaired) electrons. The normalized spacial score (nSPS) is 10.9. The average molecular weight is 422 g/mol. The molecule has 7 nitrogen and oxygen atoms in total. The summed E-state index contributed by atoms with van der Waals surface area (Å²) < 4.78 is 7.53. The molecule has 0 spiro atoms. The van der Waals surface area contributed by atoms with Crippen molar-refractivity contribution in [1.29, 1.82) is 0 Å². The van der Waals surface area contributed by atoms with Gasteiger partial charge < -0.3 is 14.6 Å². The van der Waals surface area contributed by atoms with Crippen LogP contribution >= 0.6 is 11.6 Å². The van der Waals surface area contributed by atoms with Gasteiger partial charge in [0.05, 0.1) is 29.5 Å². The number of fused-ring (bicyclic) bond motifs is 1. The first-order valence-corrected chi connectivity index (χ1v) is 9.87. The Kier molecular flexibility index (Phi) is 5.90. The van der Waals surface area contributed by atoms with Crippen molar-refractivity contribution in [3.8, 4) is 5.75 Å². The van der Waals surface area contributed by atoms with E-state index in [2.05, 4.69) is 20.3 Å². The fourth-order valence-corrected chi connectivity index (χ4v) is 3.60. The molecule has 4 rings (SSSR count). The highest BCUT2D eigenvalue weighted by Gasteiger charge is 2.16. The van der Waals surface area contributed by atoms with E-state index in [9.17, 15) is 4.79 Å². The molecular formula is C22H20ClN5O2. The number of anilines is 1. The van der Waals surface area contributed by atoms with Gasteiger partial charge >= 0.3 is 0 Å². The molecule has 0 bridgehead atoms. The summed E-state index contributed by atoms with van der Waals surface area (Å²) in [6, 6.07) is 8.77. The van der Waals surface area contributed by atoms with Crippen LogP contribution in [0.5, 0.6) is 5.75 Å². The largest absolute Gasteiger partial charge is 0.495 e. The number of nitrogens with one attached hydrogen (secondary N) is 1. The quantitative estimate of drug-likeness (QED) is 0.479. The third-order valence-corrected chi connectivity index (χ3v) is 5.10. The summed E-state index contributed by atoms with van der Waals surface area (Å²) in [4.78, 5) is 25.5. The van der Waals surface area contributed by atoms with Crippen LogP contribution in [-0.4, -0.2) is 32.5 Å². The van der Waals surface area contributed by atoms with E-state index in [0.29, 0.717) is 34.0 Å². The SMILES string of the molecule is COc1c(Cl)ccc(NC(=O)c2ccc3nccnc3c2)c1CCCn1ccnc1. The van der Waals surface area contributed by atoms with Gasteiger partial charge in [0.1, 0.15) is 5.75 Å². The second kappa shape index (κ2) is 8.92.